The summed E-state index contributed by atoms with van der Waals surface area (Å²) < 4.78 is 0. The van der Waals surface area contributed by atoms with Crippen LogP contribution in [0.5, 0.6) is 0 Å². The van der Waals surface area contributed by atoms with Gasteiger partial charge in [-0.15, -0.1) is 0 Å². The Hall–Kier alpha value is -2.17. The number of pyridine rings is 1. The minimum atomic E-state index is 0.581. The number of rotatable bonds is 6. The van der Waals surface area contributed by atoms with Gasteiger partial charge in [-0.25, -0.2) is 15.0 Å². The molecule has 0 atom stereocenters. The van der Waals surface area contributed by atoms with Crippen molar-refractivity contribution in [3.8, 4) is 11.3 Å². The van der Waals surface area contributed by atoms with E-state index in [1.165, 1.54) is 12.8 Å². The molecule has 0 spiro atoms. The molecule has 5 heteroatoms. The maximum atomic E-state index is 4.45. The van der Waals surface area contributed by atoms with Gasteiger partial charge in [0.1, 0.15) is 18.0 Å². The Morgan fingerprint density at radius 1 is 1.14 bits per heavy atom. The average Bonchev–Trinajstić information content (AvgIpc) is 3.30. The molecule has 1 aliphatic rings. The summed E-state index contributed by atoms with van der Waals surface area (Å²) >= 11 is 0. The number of nitrogens with zero attached hydrogens (tertiary/aromatic N) is 3. The molecule has 2 aromatic rings. The van der Waals surface area contributed by atoms with Crippen molar-refractivity contribution in [1.29, 1.82) is 0 Å². The van der Waals surface area contributed by atoms with Crippen LogP contribution in [0.15, 0.2) is 30.7 Å². The molecule has 0 amide bonds. The summed E-state index contributed by atoms with van der Waals surface area (Å²) in [6.07, 6.45) is 5.95. The van der Waals surface area contributed by atoms with Crippen molar-refractivity contribution in [2.75, 3.05) is 17.2 Å². The van der Waals surface area contributed by atoms with Gasteiger partial charge in [0, 0.05) is 30.4 Å². The first-order valence-corrected chi connectivity index (χ1v) is 7.49. The fraction of sp³-hybridized carbons (Fsp3) is 0.438. The van der Waals surface area contributed by atoms with Crippen molar-refractivity contribution in [3.63, 3.8) is 0 Å². The van der Waals surface area contributed by atoms with Gasteiger partial charge in [0.2, 0.25) is 0 Å². The third-order valence-corrected chi connectivity index (χ3v) is 3.35. The SMILES string of the molecule is CC(C)CNc1cc(-c2ccc(NC3CC3)nc2)ncn1. The molecule has 0 unspecified atom stereocenters. The van der Waals surface area contributed by atoms with Crippen molar-refractivity contribution in [3.05, 3.63) is 30.7 Å². The first kappa shape index (κ1) is 13.8. The van der Waals surface area contributed by atoms with Crippen LogP contribution in [0.1, 0.15) is 26.7 Å². The molecule has 0 radical (unpaired) electrons. The fourth-order valence-corrected chi connectivity index (χ4v) is 1.99. The molecule has 1 aliphatic carbocycles. The van der Waals surface area contributed by atoms with E-state index < -0.39 is 0 Å². The van der Waals surface area contributed by atoms with E-state index in [0.29, 0.717) is 12.0 Å². The lowest BCUT2D eigenvalue weighted by Crippen LogP contribution is -2.09. The molecule has 2 heterocycles. The molecule has 3 rings (SSSR count). The summed E-state index contributed by atoms with van der Waals surface area (Å²) in [7, 11) is 0. The molecule has 0 aromatic carbocycles. The first-order valence-electron chi connectivity index (χ1n) is 7.49. The van der Waals surface area contributed by atoms with Gasteiger partial charge in [-0.2, -0.15) is 0 Å². The van der Waals surface area contributed by atoms with Gasteiger partial charge in [-0.1, -0.05) is 13.8 Å². The van der Waals surface area contributed by atoms with Crippen LogP contribution in [0.25, 0.3) is 11.3 Å². The van der Waals surface area contributed by atoms with Crippen LogP contribution in [0, 0.1) is 5.92 Å². The third-order valence-electron chi connectivity index (χ3n) is 3.35. The zero-order chi connectivity index (χ0) is 14.7. The second kappa shape index (κ2) is 6.08. The summed E-state index contributed by atoms with van der Waals surface area (Å²) in [5.74, 6) is 2.38. The molecular weight excluding hydrogens is 262 g/mol. The van der Waals surface area contributed by atoms with Gasteiger partial charge in [0.05, 0.1) is 5.69 Å². The molecule has 2 aromatic heterocycles. The Labute approximate surface area is 125 Å². The van der Waals surface area contributed by atoms with E-state index >= 15 is 0 Å². The molecule has 2 N–H and O–H groups in total. The van der Waals surface area contributed by atoms with E-state index in [2.05, 4.69) is 39.4 Å². The van der Waals surface area contributed by atoms with Gasteiger partial charge in [0.25, 0.3) is 0 Å². The molecule has 1 saturated carbocycles. The van der Waals surface area contributed by atoms with Crippen LogP contribution >= 0.6 is 0 Å². The second-order valence-corrected chi connectivity index (χ2v) is 5.91. The average molecular weight is 283 g/mol. The predicted octanol–water partition coefficient (Wildman–Crippen LogP) is 3.18. The van der Waals surface area contributed by atoms with Crippen molar-refractivity contribution < 1.29 is 0 Å². The Kier molecular flexibility index (Phi) is 3.99. The molecular formula is C16H21N5. The molecule has 0 saturated heterocycles. The second-order valence-electron chi connectivity index (χ2n) is 5.91. The van der Waals surface area contributed by atoms with E-state index in [-0.39, 0.29) is 0 Å². The Bertz CT molecular complexity index is 590. The number of anilines is 2. The Morgan fingerprint density at radius 2 is 2.00 bits per heavy atom. The van der Waals surface area contributed by atoms with Crippen LogP contribution in [-0.4, -0.2) is 27.5 Å². The summed E-state index contributed by atoms with van der Waals surface area (Å²) in [5.41, 5.74) is 1.90. The van der Waals surface area contributed by atoms with Crippen molar-refractivity contribution >= 4 is 11.6 Å². The van der Waals surface area contributed by atoms with Crippen LogP contribution in [0.4, 0.5) is 11.6 Å². The number of hydrogen-bond donors (Lipinski definition) is 2. The number of hydrogen-bond acceptors (Lipinski definition) is 5. The molecule has 110 valence electrons. The van der Waals surface area contributed by atoms with Gasteiger partial charge >= 0.3 is 0 Å². The molecule has 5 nitrogen and oxygen atoms in total. The van der Waals surface area contributed by atoms with E-state index in [4.69, 9.17) is 0 Å². The highest BCUT2D eigenvalue weighted by Gasteiger charge is 2.21. The standard InChI is InChI=1S/C16H21N5/c1-11(2)8-17-16-7-14(19-10-20-16)12-3-6-15(18-9-12)21-13-4-5-13/h3,6-7,9-11,13H,4-5,8H2,1-2H3,(H,18,21)(H,17,19,20). The third kappa shape index (κ3) is 3.90. The lowest BCUT2D eigenvalue weighted by Gasteiger charge is -2.09. The first-order chi connectivity index (χ1) is 10.2. The minimum absolute atomic E-state index is 0.581. The summed E-state index contributed by atoms with van der Waals surface area (Å²) in [6, 6.07) is 6.64. The van der Waals surface area contributed by atoms with E-state index in [1.807, 2.05) is 24.4 Å². The summed E-state index contributed by atoms with van der Waals surface area (Å²) in [4.78, 5) is 13.0. The highest BCUT2D eigenvalue weighted by Crippen LogP contribution is 2.25. The van der Waals surface area contributed by atoms with Gasteiger partial charge in [0.15, 0.2) is 0 Å². The topological polar surface area (TPSA) is 62.7 Å². The monoisotopic (exact) mass is 283 g/mol. The highest BCUT2D eigenvalue weighted by atomic mass is 15.0. The number of aromatic nitrogens is 3. The summed E-state index contributed by atoms with van der Waals surface area (Å²) in [6.45, 7) is 5.24. The molecule has 0 aliphatic heterocycles. The maximum Gasteiger partial charge on any atom is 0.129 e. The zero-order valence-corrected chi connectivity index (χ0v) is 12.5. The Balaban J connectivity index is 1.71. The number of nitrogens with one attached hydrogen (secondary N) is 2. The molecule has 1 fully saturated rings. The van der Waals surface area contributed by atoms with E-state index in [9.17, 15) is 0 Å². The van der Waals surface area contributed by atoms with Gasteiger partial charge in [-0.3, -0.25) is 0 Å². The molecule has 21 heavy (non-hydrogen) atoms. The maximum absolute atomic E-state index is 4.45. The van der Waals surface area contributed by atoms with E-state index in [1.54, 1.807) is 6.33 Å². The lowest BCUT2D eigenvalue weighted by atomic mass is 10.2. The smallest absolute Gasteiger partial charge is 0.129 e. The molecule has 0 bridgehead atoms. The normalized spacial score (nSPS) is 14.2. The fourth-order valence-electron chi connectivity index (χ4n) is 1.99. The largest absolute Gasteiger partial charge is 0.370 e. The van der Waals surface area contributed by atoms with Gasteiger partial charge in [-0.05, 0) is 30.9 Å². The zero-order valence-electron chi connectivity index (χ0n) is 12.5. The highest BCUT2D eigenvalue weighted by molar-refractivity contribution is 5.62. The van der Waals surface area contributed by atoms with Crippen molar-refractivity contribution in [2.24, 2.45) is 5.92 Å². The van der Waals surface area contributed by atoms with Crippen molar-refractivity contribution in [2.45, 2.75) is 32.7 Å². The predicted molar refractivity (Wildman–Crippen MR) is 85.2 cm³/mol. The van der Waals surface area contributed by atoms with Crippen LogP contribution < -0.4 is 10.6 Å². The minimum Gasteiger partial charge on any atom is -0.370 e. The van der Waals surface area contributed by atoms with Crippen LogP contribution in [0.3, 0.4) is 0 Å². The van der Waals surface area contributed by atoms with Crippen LogP contribution in [0.2, 0.25) is 0 Å². The van der Waals surface area contributed by atoms with Gasteiger partial charge < -0.3 is 10.6 Å². The lowest BCUT2D eigenvalue weighted by molar-refractivity contribution is 0.687. The van der Waals surface area contributed by atoms with Crippen molar-refractivity contribution in [1.82, 2.24) is 15.0 Å². The Morgan fingerprint density at radius 3 is 2.67 bits per heavy atom. The van der Waals surface area contributed by atoms with E-state index in [0.717, 1.165) is 29.4 Å². The summed E-state index contributed by atoms with van der Waals surface area (Å²) in [5, 5.41) is 6.70. The van der Waals surface area contributed by atoms with Crippen LogP contribution in [-0.2, 0) is 0 Å². The quantitative estimate of drug-likeness (QED) is 0.852.